The summed E-state index contributed by atoms with van der Waals surface area (Å²) < 4.78 is 5.86. The summed E-state index contributed by atoms with van der Waals surface area (Å²) in [5.41, 5.74) is 0. The second kappa shape index (κ2) is 4.85. The molecule has 0 spiro atoms. The zero-order valence-corrected chi connectivity index (χ0v) is 9.17. The normalized spacial score (nSPS) is 9.57. The van der Waals surface area contributed by atoms with E-state index in [4.69, 9.17) is 4.74 Å². The lowest BCUT2D eigenvalue weighted by Crippen LogP contribution is -2.24. The number of phenols is 1. The first-order valence-electron chi connectivity index (χ1n) is 3.95. The molecule has 0 fully saturated rings. The standard InChI is InChI=1S/C9H10BrNO3/c1-11-9(13)5-14-8-4-6(10)2-3-7(8)12/h2-4,12H,5H2,1H3,(H,11,13). The Bertz CT molecular complexity index is 341. The van der Waals surface area contributed by atoms with Crippen LogP contribution in [-0.4, -0.2) is 24.7 Å². The van der Waals surface area contributed by atoms with E-state index in [1.807, 2.05) is 0 Å². The molecule has 76 valence electrons. The lowest BCUT2D eigenvalue weighted by molar-refractivity contribution is -0.122. The average Bonchev–Trinajstić information content (AvgIpc) is 2.19. The van der Waals surface area contributed by atoms with Crippen molar-refractivity contribution in [2.45, 2.75) is 0 Å². The first kappa shape index (κ1) is 10.8. The number of amides is 1. The van der Waals surface area contributed by atoms with Crippen molar-refractivity contribution in [2.24, 2.45) is 0 Å². The van der Waals surface area contributed by atoms with Crippen LogP contribution in [0.2, 0.25) is 0 Å². The number of rotatable bonds is 3. The Morgan fingerprint density at radius 3 is 3.00 bits per heavy atom. The topological polar surface area (TPSA) is 58.6 Å². The Hall–Kier alpha value is -1.23. The SMILES string of the molecule is CNC(=O)COc1cc(Br)ccc1O. The van der Waals surface area contributed by atoms with Gasteiger partial charge in [-0.3, -0.25) is 4.79 Å². The minimum absolute atomic E-state index is 0.0112. The predicted octanol–water partition coefficient (Wildman–Crippen LogP) is 1.28. The molecule has 0 atom stereocenters. The maximum absolute atomic E-state index is 10.9. The summed E-state index contributed by atoms with van der Waals surface area (Å²) in [7, 11) is 1.52. The number of hydrogen-bond acceptors (Lipinski definition) is 3. The van der Waals surface area contributed by atoms with Crippen molar-refractivity contribution >= 4 is 21.8 Å². The van der Waals surface area contributed by atoms with E-state index in [1.165, 1.54) is 13.1 Å². The van der Waals surface area contributed by atoms with Gasteiger partial charge in [-0.05, 0) is 18.2 Å². The summed E-state index contributed by atoms with van der Waals surface area (Å²) in [6.45, 7) is -0.111. The quantitative estimate of drug-likeness (QED) is 0.860. The minimum atomic E-state index is -0.246. The van der Waals surface area contributed by atoms with Gasteiger partial charge in [-0.1, -0.05) is 15.9 Å². The van der Waals surface area contributed by atoms with E-state index in [0.29, 0.717) is 0 Å². The largest absolute Gasteiger partial charge is 0.504 e. The van der Waals surface area contributed by atoms with Gasteiger partial charge < -0.3 is 15.2 Å². The summed E-state index contributed by atoms with van der Waals surface area (Å²) in [6, 6.07) is 4.77. The molecule has 1 aromatic rings. The number of carbonyl (C=O) groups is 1. The van der Waals surface area contributed by atoms with Crippen LogP contribution >= 0.6 is 15.9 Å². The van der Waals surface area contributed by atoms with Gasteiger partial charge >= 0.3 is 0 Å². The molecule has 0 unspecified atom stereocenters. The van der Waals surface area contributed by atoms with Crippen LogP contribution in [0, 0.1) is 0 Å². The monoisotopic (exact) mass is 259 g/mol. The third-order valence-corrected chi connectivity index (χ3v) is 2.05. The minimum Gasteiger partial charge on any atom is -0.504 e. The lowest BCUT2D eigenvalue weighted by Gasteiger charge is -2.07. The van der Waals surface area contributed by atoms with Gasteiger partial charge in [-0.25, -0.2) is 0 Å². The molecule has 0 aromatic heterocycles. The van der Waals surface area contributed by atoms with Crippen molar-refractivity contribution in [3.63, 3.8) is 0 Å². The fourth-order valence-electron chi connectivity index (χ4n) is 0.819. The van der Waals surface area contributed by atoms with Crippen LogP contribution in [0.1, 0.15) is 0 Å². The van der Waals surface area contributed by atoms with Gasteiger partial charge in [0.2, 0.25) is 0 Å². The molecule has 1 rings (SSSR count). The van der Waals surface area contributed by atoms with Crippen molar-refractivity contribution in [2.75, 3.05) is 13.7 Å². The van der Waals surface area contributed by atoms with Crippen LogP contribution in [0.4, 0.5) is 0 Å². The highest BCUT2D eigenvalue weighted by molar-refractivity contribution is 9.10. The fraction of sp³-hybridized carbons (Fsp3) is 0.222. The number of aromatic hydroxyl groups is 1. The number of benzene rings is 1. The van der Waals surface area contributed by atoms with E-state index >= 15 is 0 Å². The van der Waals surface area contributed by atoms with Gasteiger partial charge in [0.25, 0.3) is 5.91 Å². The van der Waals surface area contributed by atoms with Gasteiger partial charge in [0.15, 0.2) is 18.1 Å². The molecule has 0 aliphatic carbocycles. The third kappa shape index (κ3) is 2.92. The first-order chi connectivity index (χ1) is 6.63. The van der Waals surface area contributed by atoms with Crippen molar-refractivity contribution < 1.29 is 14.6 Å². The zero-order chi connectivity index (χ0) is 10.6. The molecule has 4 nitrogen and oxygen atoms in total. The molecule has 0 radical (unpaired) electrons. The number of halogens is 1. The number of ether oxygens (including phenoxy) is 1. The van der Waals surface area contributed by atoms with Crippen LogP contribution in [0.25, 0.3) is 0 Å². The van der Waals surface area contributed by atoms with E-state index in [2.05, 4.69) is 21.2 Å². The zero-order valence-electron chi connectivity index (χ0n) is 7.58. The Kier molecular flexibility index (Phi) is 3.76. The highest BCUT2D eigenvalue weighted by Gasteiger charge is 2.05. The summed E-state index contributed by atoms with van der Waals surface area (Å²) in [4.78, 5) is 10.9. The van der Waals surface area contributed by atoms with Crippen LogP contribution in [0.5, 0.6) is 11.5 Å². The molecule has 0 aliphatic heterocycles. The summed E-state index contributed by atoms with van der Waals surface area (Å²) >= 11 is 3.23. The highest BCUT2D eigenvalue weighted by atomic mass is 79.9. The van der Waals surface area contributed by atoms with Crippen molar-refractivity contribution in [1.82, 2.24) is 5.32 Å². The van der Waals surface area contributed by atoms with E-state index < -0.39 is 0 Å². The molecule has 0 saturated heterocycles. The number of carbonyl (C=O) groups excluding carboxylic acids is 1. The summed E-state index contributed by atoms with van der Waals surface area (Å²) in [5, 5.41) is 11.8. The number of likely N-dealkylation sites (N-methyl/N-ethyl adjacent to an activating group) is 1. The maximum atomic E-state index is 10.9. The van der Waals surface area contributed by atoms with Gasteiger partial charge in [-0.2, -0.15) is 0 Å². The molecular formula is C9H10BrNO3. The molecule has 0 saturated carbocycles. The van der Waals surface area contributed by atoms with Crippen LogP contribution in [-0.2, 0) is 4.79 Å². The average molecular weight is 260 g/mol. The van der Waals surface area contributed by atoms with Gasteiger partial charge in [0.05, 0.1) is 0 Å². The molecule has 1 amide bonds. The van der Waals surface area contributed by atoms with Crippen LogP contribution < -0.4 is 10.1 Å². The fourth-order valence-corrected chi connectivity index (χ4v) is 1.16. The van der Waals surface area contributed by atoms with E-state index in [-0.39, 0.29) is 24.0 Å². The molecule has 0 aliphatic rings. The lowest BCUT2D eigenvalue weighted by atomic mass is 10.3. The van der Waals surface area contributed by atoms with Crippen LogP contribution in [0.3, 0.4) is 0 Å². The molecule has 1 aromatic carbocycles. The Morgan fingerprint density at radius 1 is 1.64 bits per heavy atom. The number of nitrogens with one attached hydrogen (secondary N) is 1. The Balaban J connectivity index is 2.66. The third-order valence-electron chi connectivity index (χ3n) is 1.56. The maximum Gasteiger partial charge on any atom is 0.257 e. The second-order valence-electron chi connectivity index (χ2n) is 2.57. The highest BCUT2D eigenvalue weighted by Crippen LogP contribution is 2.28. The molecule has 0 bridgehead atoms. The second-order valence-corrected chi connectivity index (χ2v) is 3.49. The van der Waals surface area contributed by atoms with Crippen molar-refractivity contribution in [3.05, 3.63) is 22.7 Å². The Morgan fingerprint density at radius 2 is 2.36 bits per heavy atom. The van der Waals surface area contributed by atoms with Crippen molar-refractivity contribution in [3.8, 4) is 11.5 Å². The van der Waals surface area contributed by atoms with E-state index in [1.54, 1.807) is 12.1 Å². The van der Waals surface area contributed by atoms with Crippen molar-refractivity contribution in [1.29, 1.82) is 0 Å². The summed E-state index contributed by atoms with van der Waals surface area (Å²) in [5.74, 6) is 0.0458. The molecule has 14 heavy (non-hydrogen) atoms. The molecule has 2 N–H and O–H groups in total. The van der Waals surface area contributed by atoms with Gasteiger partial charge in [0.1, 0.15) is 0 Å². The number of hydrogen-bond donors (Lipinski definition) is 2. The number of phenolic OH excluding ortho intramolecular Hbond substituents is 1. The first-order valence-corrected chi connectivity index (χ1v) is 4.74. The van der Waals surface area contributed by atoms with Gasteiger partial charge in [0, 0.05) is 11.5 Å². The van der Waals surface area contributed by atoms with E-state index in [0.717, 1.165) is 4.47 Å². The summed E-state index contributed by atoms with van der Waals surface area (Å²) in [6.07, 6.45) is 0. The molecule has 5 heteroatoms. The van der Waals surface area contributed by atoms with Gasteiger partial charge in [-0.15, -0.1) is 0 Å². The van der Waals surface area contributed by atoms with E-state index in [9.17, 15) is 9.90 Å². The van der Waals surface area contributed by atoms with Crippen LogP contribution in [0.15, 0.2) is 22.7 Å². The smallest absolute Gasteiger partial charge is 0.257 e. The molecular weight excluding hydrogens is 250 g/mol. The Labute approximate surface area is 90.0 Å². The molecule has 0 heterocycles. The predicted molar refractivity (Wildman–Crippen MR) is 55.4 cm³/mol.